The molecule has 0 aliphatic carbocycles. The molecule has 0 bridgehead atoms. The first-order valence-electron chi connectivity index (χ1n) is 7.87. The van der Waals surface area contributed by atoms with Crippen LogP contribution in [0.1, 0.15) is 5.56 Å². The van der Waals surface area contributed by atoms with Gasteiger partial charge in [-0.15, -0.1) is 5.10 Å². The Morgan fingerprint density at radius 3 is 2.62 bits per heavy atom. The Bertz CT molecular complexity index is 967. The maximum absolute atomic E-state index is 12.0. The molecule has 1 heterocycles. The minimum atomic E-state index is -0.677. The van der Waals surface area contributed by atoms with E-state index in [4.69, 9.17) is 27.6 Å². The van der Waals surface area contributed by atoms with E-state index in [1.54, 1.807) is 24.3 Å². The third-order valence-electron chi connectivity index (χ3n) is 3.64. The fourth-order valence-electron chi connectivity index (χ4n) is 2.34. The van der Waals surface area contributed by atoms with Crippen molar-refractivity contribution < 1.29 is 9.21 Å². The molecule has 0 unspecified atom stereocenters. The zero-order valence-corrected chi connectivity index (χ0v) is 15.1. The van der Waals surface area contributed by atoms with Gasteiger partial charge >= 0.3 is 5.76 Å². The number of aromatic nitrogens is 2. The van der Waals surface area contributed by atoms with Crippen molar-refractivity contribution in [3.05, 3.63) is 74.7 Å². The normalized spacial score (nSPS) is 10.7. The standard InChI is InChI=1S/C18H15Cl2N3O3/c19-14-7-6-12(10-15(14)20)8-9-21-16(24)11-23-18(25)26-17(22-23)13-4-2-1-3-5-13/h1-7,10H,8-9,11H2,(H,21,24). The van der Waals surface area contributed by atoms with Crippen LogP contribution in [0, 0.1) is 0 Å². The molecule has 2 aromatic carbocycles. The Kier molecular flexibility index (Phi) is 5.75. The van der Waals surface area contributed by atoms with Crippen LogP contribution >= 0.6 is 23.2 Å². The molecule has 26 heavy (non-hydrogen) atoms. The molecule has 0 saturated carbocycles. The van der Waals surface area contributed by atoms with E-state index in [0.717, 1.165) is 10.2 Å². The van der Waals surface area contributed by atoms with Crippen molar-refractivity contribution in [2.75, 3.05) is 6.54 Å². The number of carbonyl (C=O) groups excluding carboxylic acids is 1. The second kappa shape index (κ2) is 8.21. The Morgan fingerprint density at radius 1 is 1.12 bits per heavy atom. The maximum atomic E-state index is 12.0. The largest absolute Gasteiger partial charge is 0.437 e. The van der Waals surface area contributed by atoms with Gasteiger partial charge in [0.25, 0.3) is 0 Å². The highest BCUT2D eigenvalue weighted by atomic mass is 35.5. The maximum Gasteiger partial charge on any atom is 0.437 e. The molecular formula is C18H15Cl2N3O3. The number of hydrogen-bond acceptors (Lipinski definition) is 4. The van der Waals surface area contributed by atoms with E-state index in [-0.39, 0.29) is 18.3 Å². The van der Waals surface area contributed by atoms with Gasteiger partial charge in [0.15, 0.2) is 0 Å². The number of benzene rings is 2. The summed E-state index contributed by atoms with van der Waals surface area (Å²) in [6.07, 6.45) is 0.589. The summed E-state index contributed by atoms with van der Waals surface area (Å²) in [4.78, 5) is 23.9. The van der Waals surface area contributed by atoms with Gasteiger partial charge in [0.2, 0.25) is 11.8 Å². The van der Waals surface area contributed by atoms with Gasteiger partial charge in [-0.1, -0.05) is 47.5 Å². The van der Waals surface area contributed by atoms with Crippen LogP contribution < -0.4 is 11.1 Å². The molecule has 3 aromatic rings. The third-order valence-corrected chi connectivity index (χ3v) is 4.38. The molecule has 0 aliphatic heterocycles. The zero-order valence-electron chi connectivity index (χ0n) is 13.6. The van der Waals surface area contributed by atoms with E-state index in [0.29, 0.717) is 28.6 Å². The average molecular weight is 392 g/mol. The number of nitrogens with zero attached hydrogens (tertiary/aromatic N) is 2. The number of nitrogens with one attached hydrogen (secondary N) is 1. The molecule has 0 saturated heterocycles. The second-order valence-electron chi connectivity index (χ2n) is 5.55. The van der Waals surface area contributed by atoms with Crippen LogP contribution in [0.2, 0.25) is 10.0 Å². The summed E-state index contributed by atoms with van der Waals surface area (Å²) in [6.45, 7) is 0.186. The van der Waals surface area contributed by atoms with E-state index in [9.17, 15) is 9.59 Å². The highest BCUT2D eigenvalue weighted by Gasteiger charge is 2.12. The van der Waals surface area contributed by atoms with Crippen molar-refractivity contribution >= 4 is 29.1 Å². The van der Waals surface area contributed by atoms with Crippen LogP contribution in [-0.4, -0.2) is 22.2 Å². The summed E-state index contributed by atoms with van der Waals surface area (Å²) in [5, 5.41) is 7.74. The lowest BCUT2D eigenvalue weighted by Crippen LogP contribution is -2.32. The van der Waals surface area contributed by atoms with Crippen LogP contribution in [-0.2, 0) is 17.8 Å². The van der Waals surface area contributed by atoms with E-state index in [1.165, 1.54) is 0 Å². The minimum absolute atomic E-state index is 0.180. The SMILES string of the molecule is O=C(Cn1nc(-c2ccccc2)oc1=O)NCCc1ccc(Cl)c(Cl)c1. The van der Waals surface area contributed by atoms with Gasteiger partial charge in [-0.2, -0.15) is 4.68 Å². The summed E-state index contributed by atoms with van der Waals surface area (Å²) in [7, 11) is 0. The molecule has 0 atom stereocenters. The van der Waals surface area contributed by atoms with Crippen LogP contribution in [0.3, 0.4) is 0 Å². The highest BCUT2D eigenvalue weighted by Crippen LogP contribution is 2.22. The molecule has 134 valence electrons. The van der Waals surface area contributed by atoms with Crippen molar-refractivity contribution in [3.63, 3.8) is 0 Å². The summed E-state index contributed by atoms with van der Waals surface area (Å²) < 4.78 is 6.09. The zero-order chi connectivity index (χ0) is 18.5. The Labute approximate surface area is 159 Å². The van der Waals surface area contributed by atoms with E-state index in [2.05, 4.69) is 10.4 Å². The number of halogens is 2. The van der Waals surface area contributed by atoms with Crippen molar-refractivity contribution in [1.82, 2.24) is 15.1 Å². The van der Waals surface area contributed by atoms with Crippen LogP contribution in [0.15, 0.2) is 57.7 Å². The van der Waals surface area contributed by atoms with Gasteiger partial charge in [0, 0.05) is 12.1 Å². The summed E-state index contributed by atoms with van der Waals surface area (Å²) >= 11 is 11.8. The highest BCUT2D eigenvalue weighted by molar-refractivity contribution is 6.42. The van der Waals surface area contributed by atoms with Gasteiger partial charge in [-0.05, 0) is 36.2 Å². The molecule has 1 N–H and O–H groups in total. The molecule has 1 aromatic heterocycles. The third kappa shape index (κ3) is 4.53. The first-order valence-corrected chi connectivity index (χ1v) is 8.62. The predicted molar refractivity (Wildman–Crippen MR) is 99.4 cm³/mol. The van der Waals surface area contributed by atoms with E-state index in [1.807, 2.05) is 24.3 Å². The number of carbonyl (C=O) groups is 1. The molecule has 8 heteroatoms. The first kappa shape index (κ1) is 18.2. The van der Waals surface area contributed by atoms with Gasteiger partial charge in [0.05, 0.1) is 10.0 Å². The van der Waals surface area contributed by atoms with Crippen molar-refractivity contribution in [2.24, 2.45) is 0 Å². The Balaban J connectivity index is 1.56. The molecule has 1 amide bonds. The topological polar surface area (TPSA) is 77.1 Å². The lowest BCUT2D eigenvalue weighted by atomic mass is 10.1. The first-order chi connectivity index (χ1) is 12.5. The number of hydrogen-bond donors (Lipinski definition) is 1. The predicted octanol–water partition coefficient (Wildman–Crippen LogP) is 3.17. The fraction of sp³-hybridized carbons (Fsp3) is 0.167. The fourth-order valence-corrected chi connectivity index (χ4v) is 2.66. The molecule has 3 rings (SSSR count). The molecule has 6 nitrogen and oxygen atoms in total. The lowest BCUT2D eigenvalue weighted by molar-refractivity contribution is -0.121. The van der Waals surface area contributed by atoms with Crippen LogP contribution in [0.5, 0.6) is 0 Å². The monoisotopic (exact) mass is 391 g/mol. The van der Waals surface area contributed by atoms with Gasteiger partial charge in [0.1, 0.15) is 6.54 Å². The summed E-state index contributed by atoms with van der Waals surface area (Å²) in [6, 6.07) is 14.3. The molecule has 0 spiro atoms. The van der Waals surface area contributed by atoms with Gasteiger partial charge in [-0.25, -0.2) is 4.79 Å². The minimum Gasteiger partial charge on any atom is -0.388 e. The lowest BCUT2D eigenvalue weighted by Gasteiger charge is -2.05. The van der Waals surface area contributed by atoms with Gasteiger partial charge in [-0.3, -0.25) is 4.79 Å². The second-order valence-corrected chi connectivity index (χ2v) is 6.36. The van der Waals surface area contributed by atoms with Gasteiger partial charge < -0.3 is 9.73 Å². The summed E-state index contributed by atoms with van der Waals surface area (Å²) in [5.41, 5.74) is 1.62. The van der Waals surface area contributed by atoms with E-state index < -0.39 is 5.76 Å². The average Bonchev–Trinajstić information content (AvgIpc) is 2.99. The number of amides is 1. The Morgan fingerprint density at radius 2 is 1.88 bits per heavy atom. The smallest absolute Gasteiger partial charge is 0.388 e. The summed E-state index contributed by atoms with van der Waals surface area (Å²) in [5.74, 6) is -0.831. The Hall–Kier alpha value is -2.57. The molecular weight excluding hydrogens is 377 g/mol. The van der Waals surface area contributed by atoms with E-state index >= 15 is 0 Å². The molecule has 0 fully saturated rings. The van der Waals surface area contributed by atoms with Crippen LogP contribution in [0.4, 0.5) is 0 Å². The van der Waals surface area contributed by atoms with Crippen molar-refractivity contribution in [3.8, 4) is 11.5 Å². The molecule has 0 aliphatic rings. The number of rotatable bonds is 6. The van der Waals surface area contributed by atoms with Crippen molar-refractivity contribution in [1.29, 1.82) is 0 Å². The quantitative estimate of drug-likeness (QED) is 0.699. The molecule has 0 radical (unpaired) electrons. The van der Waals surface area contributed by atoms with Crippen molar-refractivity contribution in [2.45, 2.75) is 13.0 Å². The van der Waals surface area contributed by atoms with Crippen LogP contribution in [0.25, 0.3) is 11.5 Å².